The molecule has 2 aromatic carbocycles. The predicted octanol–water partition coefficient (Wildman–Crippen LogP) is 3.09. The first-order valence-electron chi connectivity index (χ1n) is 5.33. The fourth-order valence-electron chi connectivity index (χ4n) is 1.74. The predicted molar refractivity (Wildman–Crippen MR) is 68.4 cm³/mol. The van der Waals surface area contributed by atoms with Gasteiger partial charge in [0.25, 0.3) is 0 Å². The van der Waals surface area contributed by atoms with Gasteiger partial charge in [-0.15, -0.1) is 0 Å². The zero-order chi connectivity index (χ0) is 12.3. The van der Waals surface area contributed by atoms with Crippen LogP contribution in [0.5, 0.6) is 0 Å². The number of aromatic carboxylic acids is 1. The molecule has 0 aromatic heterocycles. The van der Waals surface area contributed by atoms with Gasteiger partial charge in [-0.25, -0.2) is 4.79 Å². The Labute approximate surface area is 99.7 Å². The molecular formula is C14H13NO2. The number of carboxylic acids is 1. The molecule has 0 atom stereocenters. The van der Waals surface area contributed by atoms with E-state index < -0.39 is 5.97 Å². The normalized spacial score (nSPS) is 9.94. The Morgan fingerprint density at radius 1 is 1.06 bits per heavy atom. The maximum absolute atomic E-state index is 11.1. The van der Waals surface area contributed by atoms with Gasteiger partial charge in [0.1, 0.15) is 0 Å². The number of anilines is 1. The second-order valence-corrected chi connectivity index (χ2v) is 3.68. The van der Waals surface area contributed by atoms with Crippen molar-refractivity contribution in [2.45, 2.75) is 0 Å². The molecule has 3 heteroatoms. The zero-order valence-electron chi connectivity index (χ0n) is 9.47. The van der Waals surface area contributed by atoms with Crippen LogP contribution in [-0.2, 0) is 0 Å². The van der Waals surface area contributed by atoms with E-state index in [1.807, 2.05) is 43.4 Å². The minimum absolute atomic E-state index is 0.324. The van der Waals surface area contributed by atoms with Crippen LogP contribution in [0.15, 0.2) is 48.5 Å². The van der Waals surface area contributed by atoms with Crippen LogP contribution in [0.1, 0.15) is 10.4 Å². The lowest BCUT2D eigenvalue weighted by molar-refractivity contribution is 0.0698. The highest BCUT2D eigenvalue weighted by molar-refractivity contribution is 5.96. The third-order valence-corrected chi connectivity index (χ3v) is 2.64. The summed E-state index contributed by atoms with van der Waals surface area (Å²) in [6.07, 6.45) is 0. The molecule has 86 valence electrons. The highest BCUT2D eigenvalue weighted by Gasteiger charge is 2.10. The van der Waals surface area contributed by atoms with Crippen LogP contribution >= 0.6 is 0 Å². The standard InChI is InChI=1S/C14H13NO2/c1-15-11-8-6-10(7-9-11)12-4-2-3-5-13(12)14(16)17/h2-9,15H,1H3,(H,16,17). The lowest BCUT2D eigenvalue weighted by Gasteiger charge is -2.07. The lowest BCUT2D eigenvalue weighted by Crippen LogP contribution is -1.99. The van der Waals surface area contributed by atoms with Crippen molar-refractivity contribution in [1.82, 2.24) is 0 Å². The Bertz CT molecular complexity index is 532. The molecule has 0 bridgehead atoms. The monoisotopic (exact) mass is 227 g/mol. The quantitative estimate of drug-likeness (QED) is 0.847. The highest BCUT2D eigenvalue weighted by atomic mass is 16.4. The van der Waals surface area contributed by atoms with Crippen molar-refractivity contribution < 1.29 is 9.90 Å². The van der Waals surface area contributed by atoms with Crippen LogP contribution < -0.4 is 5.32 Å². The molecule has 0 heterocycles. The van der Waals surface area contributed by atoms with Gasteiger partial charge in [0, 0.05) is 12.7 Å². The molecule has 17 heavy (non-hydrogen) atoms. The van der Waals surface area contributed by atoms with E-state index in [2.05, 4.69) is 5.32 Å². The number of nitrogens with one attached hydrogen (secondary N) is 1. The van der Waals surface area contributed by atoms with Crippen molar-refractivity contribution in [3.8, 4) is 11.1 Å². The van der Waals surface area contributed by atoms with Gasteiger partial charge < -0.3 is 10.4 Å². The summed E-state index contributed by atoms with van der Waals surface area (Å²) < 4.78 is 0. The SMILES string of the molecule is CNc1ccc(-c2ccccc2C(=O)O)cc1. The second-order valence-electron chi connectivity index (χ2n) is 3.68. The van der Waals surface area contributed by atoms with Gasteiger partial charge in [0.05, 0.1) is 5.56 Å². The first-order valence-corrected chi connectivity index (χ1v) is 5.33. The van der Waals surface area contributed by atoms with E-state index in [1.165, 1.54) is 0 Å². The van der Waals surface area contributed by atoms with Crippen LogP contribution in [-0.4, -0.2) is 18.1 Å². The van der Waals surface area contributed by atoms with Crippen molar-refractivity contribution in [1.29, 1.82) is 0 Å². The number of benzene rings is 2. The van der Waals surface area contributed by atoms with Gasteiger partial charge in [-0.2, -0.15) is 0 Å². The third-order valence-electron chi connectivity index (χ3n) is 2.64. The summed E-state index contributed by atoms with van der Waals surface area (Å²) in [5, 5.41) is 12.1. The van der Waals surface area contributed by atoms with Gasteiger partial charge in [-0.3, -0.25) is 0 Å². The van der Waals surface area contributed by atoms with Crippen LogP contribution in [0.4, 0.5) is 5.69 Å². The molecule has 0 spiro atoms. The van der Waals surface area contributed by atoms with Crippen molar-refractivity contribution in [3.05, 3.63) is 54.1 Å². The molecule has 3 nitrogen and oxygen atoms in total. The van der Waals surface area contributed by atoms with Gasteiger partial charge in [0.15, 0.2) is 0 Å². The Balaban J connectivity index is 2.48. The van der Waals surface area contributed by atoms with Crippen molar-refractivity contribution in [2.75, 3.05) is 12.4 Å². The first kappa shape index (κ1) is 11.2. The molecule has 0 saturated carbocycles. The van der Waals surface area contributed by atoms with Crippen molar-refractivity contribution in [3.63, 3.8) is 0 Å². The number of hydrogen-bond donors (Lipinski definition) is 2. The van der Waals surface area contributed by atoms with E-state index >= 15 is 0 Å². The fourth-order valence-corrected chi connectivity index (χ4v) is 1.74. The second kappa shape index (κ2) is 4.70. The Kier molecular flexibility index (Phi) is 3.10. The maximum atomic E-state index is 11.1. The summed E-state index contributed by atoms with van der Waals surface area (Å²) in [7, 11) is 1.85. The molecule has 0 fully saturated rings. The summed E-state index contributed by atoms with van der Waals surface area (Å²) >= 11 is 0. The molecule has 0 aliphatic rings. The smallest absolute Gasteiger partial charge is 0.336 e. The van der Waals surface area contributed by atoms with E-state index in [-0.39, 0.29) is 0 Å². The van der Waals surface area contributed by atoms with Gasteiger partial charge in [-0.05, 0) is 29.3 Å². The molecule has 2 rings (SSSR count). The summed E-state index contributed by atoms with van der Waals surface area (Å²) in [5.74, 6) is -0.904. The zero-order valence-corrected chi connectivity index (χ0v) is 9.47. The molecular weight excluding hydrogens is 214 g/mol. The summed E-state index contributed by atoms with van der Waals surface area (Å²) in [6, 6.07) is 14.7. The average Bonchev–Trinajstić information content (AvgIpc) is 2.39. The topological polar surface area (TPSA) is 49.3 Å². The minimum atomic E-state index is -0.904. The number of hydrogen-bond acceptors (Lipinski definition) is 2. The Hall–Kier alpha value is -2.29. The van der Waals surface area contributed by atoms with E-state index in [0.29, 0.717) is 5.56 Å². The van der Waals surface area contributed by atoms with Crippen LogP contribution in [0.2, 0.25) is 0 Å². The molecule has 2 N–H and O–H groups in total. The first-order chi connectivity index (χ1) is 8.22. The molecule has 2 aromatic rings. The Morgan fingerprint density at radius 2 is 1.71 bits per heavy atom. The number of carbonyl (C=O) groups is 1. The van der Waals surface area contributed by atoms with Crippen LogP contribution in [0.25, 0.3) is 11.1 Å². The Morgan fingerprint density at radius 3 is 2.29 bits per heavy atom. The third kappa shape index (κ3) is 2.28. The summed E-state index contributed by atoms with van der Waals surface area (Å²) in [4.78, 5) is 11.1. The molecule has 0 radical (unpaired) electrons. The van der Waals surface area contributed by atoms with E-state index in [1.54, 1.807) is 12.1 Å². The van der Waals surface area contributed by atoms with Crippen molar-refractivity contribution >= 4 is 11.7 Å². The molecule has 0 saturated heterocycles. The van der Waals surface area contributed by atoms with Crippen molar-refractivity contribution in [2.24, 2.45) is 0 Å². The van der Waals surface area contributed by atoms with Gasteiger partial charge in [0.2, 0.25) is 0 Å². The van der Waals surface area contributed by atoms with E-state index in [0.717, 1.165) is 16.8 Å². The lowest BCUT2D eigenvalue weighted by atomic mass is 9.99. The average molecular weight is 227 g/mol. The van der Waals surface area contributed by atoms with E-state index in [9.17, 15) is 4.79 Å². The number of rotatable bonds is 3. The largest absolute Gasteiger partial charge is 0.478 e. The summed E-state index contributed by atoms with van der Waals surface area (Å²) in [6.45, 7) is 0. The van der Waals surface area contributed by atoms with E-state index in [4.69, 9.17) is 5.11 Å². The molecule has 0 aliphatic heterocycles. The van der Waals surface area contributed by atoms with Gasteiger partial charge in [-0.1, -0.05) is 30.3 Å². The maximum Gasteiger partial charge on any atom is 0.336 e. The molecule has 0 unspecified atom stereocenters. The summed E-state index contributed by atoms with van der Waals surface area (Å²) in [5.41, 5.74) is 2.97. The highest BCUT2D eigenvalue weighted by Crippen LogP contribution is 2.24. The minimum Gasteiger partial charge on any atom is -0.478 e. The van der Waals surface area contributed by atoms with Crippen LogP contribution in [0, 0.1) is 0 Å². The fraction of sp³-hybridized carbons (Fsp3) is 0.0714. The molecule has 0 aliphatic carbocycles. The van der Waals surface area contributed by atoms with Gasteiger partial charge >= 0.3 is 5.97 Å². The molecule has 0 amide bonds. The van der Waals surface area contributed by atoms with Crippen LogP contribution in [0.3, 0.4) is 0 Å². The number of carboxylic acid groups (broad SMARTS) is 1.